The van der Waals surface area contributed by atoms with Gasteiger partial charge >= 0.3 is 0 Å². The van der Waals surface area contributed by atoms with E-state index in [9.17, 15) is 0 Å². The molecule has 7 rings (SSSR count). The number of rotatable bonds is 7. The number of likely N-dealkylation sites (N-methyl/N-ethyl adjacent to an activating group) is 1. The predicted molar refractivity (Wildman–Crippen MR) is 168 cm³/mol. The quantitative estimate of drug-likeness (QED) is 0.194. The molecule has 212 valence electrons. The molecule has 1 saturated heterocycles. The lowest BCUT2D eigenvalue weighted by Crippen LogP contribution is -2.43. The summed E-state index contributed by atoms with van der Waals surface area (Å²) in [6.07, 6.45) is 4.97. The highest BCUT2D eigenvalue weighted by Gasteiger charge is 2.18. The van der Waals surface area contributed by atoms with Crippen LogP contribution in [0.25, 0.3) is 20.8 Å². The SMILES string of the molecule is CN1CCN(Cc2ccc(-c3cc4nccc(Oc5ccc(CC6=Nc7cc(Cl)ccc7C6)cc5F)c4s3)nc2)CC1. The minimum Gasteiger partial charge on any atom is -0.453 e. The zero-order chi connectivity index (χ0) is 28.6. The normalized spacial score (nSPS) is 15.6. The summed E-state index contributed by atoms with van der Waals surface area (Å²) in [5.41, 5.74) is 6.77. The maximum absolute atomic E-state index is 15.2. The van der Waals surface area contributed by atoms with Crippen molar-refractivity contribution in [2.75, 3.05) is 33.2 Å². The first-order valence-electron chi connectivity index (χ1n) is 14.0. The second-order valence-corrected chi connectivity index (χ2v) is 12.4. The number of nitrogens with zero attached hydrogens (tertiary/aromatic N) is 5. The summed E-state index contributed by atoms with van der Waals surface area (Å²) in [6, 6.07) is 18.9. The fourth-order valence-corrected chi connectivity index (χ4v) is 6.67. The Balaban J connectivity index is 1.05. The summed E-state index contributed by atoms with van der Waals surface area (Å²) < 4.78 is 22.2. The lowest BCUT2D eigenvalue weighted by Gasteiger charge is -2.32. The van der Waals surface area contributed by atoms with Crippen molar-refractivity contribution in [2.45, 2.75) is 19.4 Å². The van der Waals surface area contributed by atoms with Crippen LogP contribution >= 0.6 is 22.9 Å². The molecule has 0 amide bonds. The Labute approximate surface area is 253 Å². The van der Waals surface area contributed by atoms with Gasteiger partial charge in [0, 0.05) is 74.8 Å². The van der Waals surface area contributed by atoms with Crippen LogP contribution in [0.3, 0.4) is 0 Å². The Kier molecular flexibility index (Phi) is 7.46. The van der Waals surface area contributed by atoms with E-state index in [0.717, 1.165) is 82.5 Å². The monoisotopic (exact) mass is 597 g/mol. The minimum absolute atomic E-state index is 0.177. The molecule has 2 aliphatic rings. The Morgan fingerprint density at radius 3 is 2.60 bits per heavy atom. The summed E-state index contributed by atoms with van der Waals surface area (Å²) in [6.45, 7) is 5.26. The van der Waals surface area contributed by atoms with Gasteiger partial charge in [0.05, 0.1) is 26.5 Å². The average Bonchev–Trinajstić information content (AvgIpc) is 3.60. The summed E-state index contributed by atoms with van der Waals surface area (Å²) in [4.78, 5) is 19.8. The van der Waals surface area contributed by atoms with Crippen LogP contribution in [0.4, 0.5) is 10.1 Å². The molecule has 0 bridgehead atoms. The molecule has 0 unspecified atom stereocenters. The molecule has 0 N–H and O–H groups in total. The zero-order valence-corrected chi connectivity index (χ0v) is 24.8. The van der Waals surface area contributed by atoms with Crippen LogP contribution in [-0.4, -0.2) is 58.7 Å². The standard InChI is InChI=1S/C33H29ClFN5OS/c1-39-10-12-40(13-11-39)20-22-2-6-27(37-19-22)32-18-29-33(42-32)31(8-9-36-29)41-30-7-3-21(15-26(30)35)14-25-16-23-4-5-24(34)17-28(23)38-25/h2-9,15,17-19H,10-14,16,20H2,1H3. The molecule has 0 saturated carbocycles. The zero-order valence-electron chi connectivity index (χ0n) is 23.2. The van der Waals surface area contributed by atoms with E-state index in [-0.39, 0.29) is 5.75 Å². The number of aliphatic imine (C=N–C) groups is 1. The molecule has 0 radical (unpaired) electrons. The maximum atomic E-state index is 15.2. The molecular weight excluding hydrogens is 569 g/mol. The van der Waals surface area contributed by atoms with Crippen LogP contribution in [0.1, 0.15) is 16.7 Å². The number of ether oxygens (including phenoxy) is 1. The lowest BCUT2D eigenvalue weighted by atomic mass is 10.0. The molecule has 5 aromatic rings. The molecule has 2 aliphatic heterocycles. The molecule has 0 atom stereocenters. The third kappa shape index (κ3) is 5.80. The van der Waals surface area contributed by atoms with Crippen molar-refractivity contribution in [3.05, 3.63) is 101 Å². The molecule has 6 nitrogen and oxygen atoms in total. The fourth-order valence-electron chi connectivity index (χ4n) is 5.46. The van der Waals surface area contributed by atoms with Crippen LogP contribution in [0.15, 0.2) is 78.0 Å². The maximum Gasteiger partial charge on any atom is 0.166 e. The second kappa shape index (κ2) is 11.5. The van der Waals surface area contributed by atoms with Crippen molar-refractivity contribution in [3.8, 4) is 22.1 Å². The lowest BCUT2D eigenvalue weighted by molar-refractivity contribution is 0.148. The third-order valence-corrected chi connectivity index (χ3v) is 9.20. The number of fused-ring (bicyclic) bond motifs is 2. The van der Waals surface area contributed by atoms with E-state index in [2.05, 4.69) is 39.0 Å². The second-order valence-electron chi connectivity index (χ2n) is 10.9. The number of aromatic nitrogens is 2. The number of hydrogen-bond donors (Lipinski definition) is 0. The summed E-state index contributed by atoms with van der Waals surface area (Å²) in [5.74, 6) is 0.337. The summed E-state index contributed by atoms with van der Waals surface area (Å²) in [7, 11) is 2.17. The molecule has 1 fully saturated rings. The van der Waals surface area contributed by atoms with E-state index < -0.39 is 5.82 Å². The van der Waals surface area contributed by atoms with Gasteiger partial charge in [0.15, 0.2) is 11.6 Å². The topological polar surface area (TPSA) is 53.9 Å². The Morgan fingerprint density at radius 2 is 1.79 bits per heavy atom. The van der Waals surface area contributed by atoms with E-state index >= 15 is 4.39 Å². The largest absolute Gasteiger partial charge is 0.453 e. The molecule has 5 heterocycles. The van der Waals surface area contributed by atoms with Gasteiger partial charge in [-0.25, -0.2) is 4.39 Å². The number of halogens is 2. The van der Waals surface area contributed by atoms with E-state index in [4.69, 9.17) is 21.3 Å². The van der Waals surface area contributed by atoms with Gasteiger partial charge in [-0.3, -0.25) is 19.9 Å². The van der Waals surface area contributed by atoms with Crippen molar-refractivity contribution in [3.63, 3.8) is 0 Å². The summed E-state index contributed by atoms with van der Waals surface area (Å²) >= 11 is 7.65. The van der Waals surface area contributed by atoms with Gasteiger partial charge in [-0.2, -0.15) is 0 Å². The van der Waals surface area contributed by atoms with E-state index in [1.807, 2.05) is 36.5 Å². The highest BCUT2D eigenvalue weighted by Crippen LogP contribution is 2.39. The average molecular weight is 598 g/mol. The van der Waals surface area contributed by atoms with Crippen molar-refractivity contribution >= 4 is 44.6 Å². The first-order chi connectivity index (χ1) is 20.5. The molecule has 2 aromatic carbocycles. The van der Waals surface area contributed by atoms with Crippen molar-refractivity contribution in [1.29, 1.82) is 0 Å². The molecular formula is C33H29ClFN5OS. The third-order valence-electron chi connectivity index (χ3n) is 7.80. The van der Waals surface area contributed by atoms with Crippen LogP contribution in [0.2, 0.25) is 5.02 Å². The molecule has 3 aromatic heterocycles. The Hall–Kier alpha value is -3.69. The van der Waals surface area contributed by atoms with E-state index in [1.54, 1.807) is 29.7 Å². The van der Waals surface area contributed by atoms with Gasteiger partial charge in [0.2, 0.25) is 0 Å². The first kappa shape index (κ1) is 27.2. The Bertz CT molecular complexity index is 1800. The van der Waals surface area contributed by atoms with Gasteiger partial charge in [-0.1, -0.05) is 29.8 Å². The number of pyridine rings is 2. The molecule has 0 spiro atoms. The number of hydrogen-bond acceptors (Lipinski definition) is 7. The van der Waals surface area contributed by atoms with Crippen molar-refractivity contribution in [1.82, 2.24) is 19.8 Å². The molecule has 9 heteroatoms. The minimum atomic E-state index is -0.411. The Morgan fingerprint density at radius 1 is 0.929 bits per heavy atom. The smallest absolute Gasteiger partial charge is 0.166 e. The predicted octanol–water partition coefficient (Wildman–Crippen LogP) is 7.56. The first-order valence-corrected chi connectivity index (χ1v) is 15.2. The van der Waals surface area contributed by atoms with Gasteiger partial charge in [-0.15, -0.1) is 11.3 Å². The highest BCUT2D eigenvalue weighted by molar-refractivity contribution is 7.22. The number of benzene rings is 2. The van der Waals surface area contributed by atoms with E-state index in [1.165, 1.54) is 11.6 Å². The van der Waals surface area contributed by atoms with Gasteiger partial charge in [0.25, 0.3) is 0 Å². The highest BCUT2D eigenvalue weighted by atomic mass is 35.5. The van der Waals surface area contributed by atoms with Crippen LogP contribution < -0.4 is 4.74 Å². The number of piperazine rings is 1. The van der Waals surface area contributed by atoms with Gasteiger partial charge < -0.3 is 9.64 Å². The van der Waals surface area contributed by atoms with E-state index in [0.29, 0.717) is 17.2 Å². The van der Waals surface area contributed by atoms with Crippen molar-refractivity contribution in [2.24, 2.45) is 4.99 Å². The van der Waals surface area contributed by atoms with Gasteiger partial charge in [0.1, 0.15) is 5.75 Å². The van der Waals surface area contributed by atoms with Crippen molar-refractivity contribution < 1.29 is 9.13 Å². The van der Waals surface area contributed by atoms with Crippen LogP contribution in [0, 0.1) is 5.82 Å². The summed E-state index contributed by atoms with van der Waals surface area (Å²) in [5, 5.41) is 0.667. The molecule has 42 heavy (non-hydrogen) atoms. The van der Waals surface area contributed by atoms with Crippen LogP contribution in [-0.2, 0) is 19.4 Å². The molecule has 0 aliphatic carbocycles. The van der Waals surface area contributed by atoms with Crippen LogP contribution in [0.5, 0.6) is 11.5 Å². The number of thiophene rings is 1. The fraction of sp³-hybridized carbons (Fsp3) is 0.242. The van der Waals surface area contributed by atoms with Gasteiger partial charge in [-0.05, 0) is 60.1 Å².